The van der Waals surface area contributed by atoms with E-state index in [2.05, 4.69) is 31.4 Å². The third kappa shape index (κ3) is 4.13. The molecule has 2 aliphatic heterocycles. The molecule has 0 aromatic heterocycles. The fourth-order valence-corrected chi connectivity index (χ4v) is 3.95. The average Bonchev–Trinajstić information content (AvgIpc) is 3.01. The van der Waals surface area contributed by atoms with E-state index in [1.165, 1.54) is 0 Å². The van der Waals surface area contributed by atoms with Gasteiger partial charge in [-0.3, -0.25) is 9.59 Å². The molecule has 4 rings (SSSR count). The van der Waals surface area contributed by atoms with Gasteiger partial charge >= 0.3 is 0 Å². The second-order valence-electron chi connectivity index (χ2n) is 8.36. The molecule has 0 aliphatic carbocycles. The highest BCUT2D eigenvalue weighted by molar-refractivity contribution is 5.98. The lowest BCUT2D eigenvalue weighted by Crippen LogP contribution is -2.32. The molecule has 2 heterocycles. The first-order valence-corrected chi connectivity index (χ1v) is 10.6. The van der Waals surface area contributed by atoms with Crippen molar-refractivity contribution in [3.05, 3.63) is 58.7 Å². The largest absolute Gasteiger partial charge is 0.491 e. The number of fused-ring (bicyclic) bond motifs is 2. The zero-order valence-electron chi connectivity index (χ0n) is 17.7. The van der Waals surface area contributed by atoms with E-state index in [0.717, 1.165) is 17.5 Å². The summed E-state index contributed by atoms with van der Waals surface area (Å²) in [6.45, 7) is 7.76. The van der Waals surface area contributed by atoms with Crippen molar-refractivity contribution in [2.45, 2.75) is 45.1 Å². The summed E-state index contributed by atoms with van der Waals surface area (Å²) in [4.78, 5) is 24.7. The fraction of sp³-hybridized carbons (Fsp3) is 0.417. The molecule has 0 radical (unpaired) electrons. The summed E-state index contributed by atoms with van der Waals surface area (Å²) in [5, 5.41) is 5.82. The van der Waals surface area contributed by atoms with Crippen LogP contribution < -0.4 is 20.1 Å². The van der Waals surface area contributed by atoms with Crippen LogP contribution >= 0.6 is 0 Å². The van der Waals surface area contributed by atoms with Gasteiger partial charge in [0.1, 0.15) is 24.2 Å². The van der Waals surface area contributed by atoms with Crippen molar-refractivity contribution in [1.82, 2.24) is 10.6 Å². The van der Waals surface area contributed by atoms with E-state index >= 15 is 0 Å². The molecule has 2 unspecified atom stereocenters. The number of nitrogens with one attached hydrogen (secondary N) is 2. The highest BCUT2D eigenvalue weighted by Crippen LogP contribution is 2.31. The van der Waals surface area contributed by atoms with Crippen LogP contribution in [0.25, 0.3) is 0 Å². The Bertz CT molecular complexity index is 970. The van der Waals surface area contributed by atoms with E-state index in [-0.39, 0.29) is 23.8 Å². The average molecular weight is 408 g/mol. The molecule has 30 heavy (non-hydrogen) atoms. The maximum absolute atomic E-state index is 12.6. The lowest BCUT2D eigenvalue weighted by Gasteiger charge is -2.22. The molecule has 6 heteroatoms. The van der Waals surface area contributed by atoms with Crippen LogP contribution in [0.15, 0.2) is 36.4 Å². The van der Waals surface area contributed by atoms with E-state index in [9.17, 15) is 9.59 Å². The van der Waals surface area contributed by atoms with Crippen molar-refractivity contribution in [3.8, 4) is 11.5 Å². The van der Waals surface area contributed by atoms with Gasteiger partial charge in [0, 0.05) is 0 Å². The van der Waals surface area contributed by atoms with Crippen LogP contribution in [0.3, 0.4) is 0 Å². The van der Waals surface area contributed by atoms with Crippen molar-refractivity contribution < 1.29 is 19.1 Å². The Kier molecular flexibility index (Phi) is 5.66. The van der Waals surface area contributed by atoms with Gasteiger partial charge in [0.2, 0.25) is 0 Å². The van der Waals surface area contributed by atoms with E-state index in [1.807, 2.05) is 36.4 Å². The van der Waals surface area contributed by atoms with Gasteiger partial charge in [-0.15, -0.1) is 0 Å². The molecule has 2 aliphatic rings. The highest BCUT2D eigenvalue weighted by Gasteiger charge is 2.26. The summed E-state index contributed by atoms with van der Waals surface area (Å²) in [6, 6.07) is 11.6. The Morgan fingerprint density at radius 3 is 2.50 bits per heavy atom. The molecular formula is C24H28N2O4. The summed E-state index contributed by atoms with van der Waals surface area (Å²) in [5.74, 6) is 1.58. The van der Waals surface area contributed by atoms with Crippen molar-refractivity contribution in [3.63, 3.8) is 0 Å². The molecule has 2 aromatic rings. The minimum Gasteiger partial charge on any atom is -0.491 e. The lowest BCUT2D eigenvalue weighted by atomic mass is 9.93. The van der Waals surface area contributed by atoms with Gasteiger partial charge in [0.05, 0.1) is 24.2 Å². The third-order valence-electron chi connectivity index (χ3n) is 5.78. The van der Waals surface area contributed by atoms with Gasteiger partial charge in [-0.25, -0.2) is 0 Å². The number of ether oxygens (including phenoxy) is 2. The number of amides is 2. The van der Waals surface area contributed by atoms with E-state index in [4.69, 9.17) is 9.47 Å². The van der Waals surface area contributed by atoms with Gasteiger partial charge in [-0.05, 0) is 53.6 Å². The van der Waals surface area contributed by atoms with Crippen LogP contribution in [-0.4, -0.2) is 37.6 Å². The second-order valence-corrected chi connectivity index (χ2v) is 8.36. The maximum atomic E-state index is 12.6. The normalized spacial score (nSPS) is 19.3. The predicted molar refractivity (Wildman–Crippen MR) is 115 cm³/mol. The van der Waals surface area contributed by atoms with Gasteiger partial charge in [-0.1, -0.05) is 32.9 Å². The molecule has 0 bridgehead atoms. The zero-order valence-corrected chi connectivity index (χ0v) is 17.7. The van der Waals surface area contributed by atoms with Crippen LogP contribution in [-0.2, 0) is 0 Å². The Balaban J connectivity index is 1.51. The monoisotopic (exact) mass is 408 g/mol. The van der Waals surface area contributed by atoms with Crippen molar-refractivity contribution >= 4 is 11.8 Å². The minimum absolute atomic E-state index is 0.0907. The molecule has 0 spiro atoms. The maximum Gasteiger partial charge on any atom is 0.255 e. The molecule has 0 saturated heterocycles. The quantitative estimate of drug-likeness (QED) is 0.810. The van der Waals surface area contributed by atoms with Crippen molar-refractivity contribution in [1.29, 1.82) is 0 Å². The number of carbonyl (C=O) groups excluding carboxylic acids is 2. The number of benzene rings is 2. The predicted octanol–water partition coefficient (Wildman–Crippen LogP) is 3.62. The third-order valence-corrected chi connectivity index (χ3v) is 5.78. The standard InChI is InChI=1S/C24H28N2O4/c1-14(2)16-5-7-21-20(11-16)24(28)26-13-18(30-21)10-15(3)17-4-6-19-22(12-17)29-9-8-25-23(19)27/h4-7,11-12,14-15,18H,8-10,13H2,1-3H3,(H,25,27)(H,26,28). The summed E-state index contributed by atoms with van der Waals surface area (Å²) >= 11 is 0. The summed E-state index contributed by atoms with van der Waals surface area (Å²) in [7, 11) is 0. The summed E-state index contributed by atoms with van der Waals surface area (Å²) < 4.78 is 12.0. The van der Waals surface area contributed by atoms with Gasteiger partial charge in [0.15, 0.2) is 0 Å². The lowest BCUT2D eigenvalue weighted by molar-refractivity contribution is 0.0944. The second kappa shape index (κ2) is 8.38. The molecule has 2 N–H and O–H groups in total. The van der Waals surface area contributed by atoms with Gasteiger partial charge < -0.3 is 20.1 Å². The molecule has 2 amide bonds. The van der Waals surface area contributed by atoms with Crippen LogP contribution in [0.1, 0.15) is 70.9 Å². The Hall–Kier alpha value is -3.02. The van der Waals surface area contributed by atoms with E-state index in [0.29, 0.717) is 48.2 Å². The highest BCUT2D eigenvalue weighted by atomic mass is 16.5. The fourth-order valence-electron chi connectivity index (χ4n) is 3.95. The molecule has 158 valence electrons. The zero-order chi connectivity index (χ0) is 21.3. The first-order chi connectivity index (χ1) is 14.4. The van der Waals surface area contributed by atoms with Gasteiger partial charge in [-0.2, -0.15) is 0 Å². The van der Waals surface area contributed by atoms with Crippen LogP contribution in [0.5, 0.6) is 11.5 Å². The summed E-state index contributed by atoms with van der Waals surface area (Å²) in [6.07, 6.45) is 0.592. The molecule has 2 aromatic carbocycles. The smallest absolute Gasteiger partial charge is 0.255 e. The topological polar surface area (TPSA) is 76.7 Å². The summed E-state index contributed by atoms with van der Waals surface area (Å²) in [5.41, 5.74) is 3.36. The molecule has 6 nitrogen and oxygen atoms in total. The van der Waals surface area contributed by atoms with Crippen LogP contribution in [0, 0.1) is 0 Å². The Labute approximate surface area is 177 Å². The molecular weight excluding hydrogens is 380 g/mol. The van der Waals surface area contributed by atoms with E-state index in [1.54, 1.807) is 0 Å². The molecule has 2 atom stereocenters. The SMILES string of the molecule is CC(C)c1ccc2c(c1)C(=O)NCC(CC(C)c1ccc3c(c1)OCCNC3=O)O2. The van der Waals surface area contributed by atoms with Crippen LogP contribution in [0.4, 0.5) is 0 Å². The number of hydrogen-bond acceptors (Lipinski definition) is 4. The van der Waals surface area contributed by atoms with Gasteiger partial charge in [0.25, 0.3) is 11.8 Å². The van der Waals surface area contributed by atoms with Crippen molar-refractivity contribution in [2.75, 3.05) is 19.7 Å². The first kappa shape index (κ1) is 20.3. The Morgan fingerprint density at radius 1 is 0.933 bits per heavy atom. The number of hydrogen-bond donors (Lipinski definition) is 2. The minimum atomic E-state index is -0.141. The molecule has 0 saturated carbocycles. The van der Waals surface area contributed by atoms with E-state index < -0.39 is 0 Å². The van der Waals surface area contributed by atoms with Crippen molar-refractivity contribution in [2.24, 2.45) is 0 Å². The number of rotatable bonds is 4. The number of carbonyl (C=O) groups is 2. The van der Waals surface area contributed by atoms with Crippen LogP contribution in [0.2, 0.25) is 0 Å². The molecule has 0 fully saturated rings. The Morgan fingerprint density at radius 2 is 1.70 bits per heavy atom. The first-order valence-electron chi connectivity index (χ1n) is 10.6.